The number of rotatable bonds is 8. The lowest BCUT2D eigenvalue weighted by Crippen LogP contribution is -2.34. The van der Waals surface area contributed by atoms with Crippen molar-refractivity contribution >= 4 is 11.7 Å². The second-order valence-corrected chi connectivity index (χ2v) is 6.55. The Morgan fingerprint density at radius 3 is 2.61 bits per heavy atom. The first-order chi connectivity index (χ1) is 13.7. The summed E-state index contributed by atoms with van der Waals surface area (Å²) in [6, 6.07) is 10.7. The van der Waals surface area contributed by atoms with Crippen LogP contribution in [0.3, 0.4) is 0 Å². The second kappa shape index (κ2) is 9.77. The molecule has 8 heteroatoms. The number of nitrogens with zero attached hydrogens (tertiary/aromatic N) is 3. The van der Waals surface area contributed by atoms with Crippen LogP contribution in [0.15, 0.2) is 36.4 Å². The number of carbonyl (C=O) groups is 1. The molecule has 0 aliphatic carbocycles. The zero-order chi connectivity index (χ0) is 19.8. The highest BCUT2D eigenvalue weighted by molar-refractivity contribution is 5.89. The van der Waals surface area contributed by atoms with E-state index in [1.165, 1.54) is 7.11 Å². The van der Waals surface area contributed by atoms with Crippen molar-refractivity contribution in [1.29, 1.82) is 0 Å². The average molecular weight is 386 g/mol. The predicted octanol–water partition coefficient (Wildman–Crippen LogP) is 3.35. The summed E-state index contributed by atoms with van der Waals surface area (Å²) in [5.74, 6) is 1.66. The van der Waals surface area contributed by atoms with Gasteiger partial charge >= 0.3 is 6.03 Å². The lowest BCUT2D eigenvalue weighted by Gasteiger charge is -2.18. The molecule has 1 aliphatic rings. The van der Waals surface area contributed by atoms with Crippen LogP contribution in [-0.4, -0.2) is 54.0 Å². The van der Waals surface area contributed by atoms with Crippen molar-refractivity contribution in [3.05, 3.63) is 36.4 Å². The Morgan fingerprint density at radius 2 is 1.93 bits per heavy atom. The maximum Gasteiger partial charge on any atom is 0.321 e. The largest absolute Gasteiger partial charge is 0.494 e. The summed E-state index contributed by atoms with van der Waals surface area (Å²) in [5.41, 5.74) is 0.734. The summed E-state index contributed by atoms with van der Waals surface area (Å²) in [5, 5.41) is 10.7. The summed E-state index contributed by atoms with van der Waals surface area (Å²) in [6.45, 7) is 3.95. The van der Waals surface area contributed by atoms with E-state index in [0.717, 1.165) is 30.7 Å². The molecule has 1 atom stereocenters. The number of aromatic nitrogens is 2. The van der Waals surface area contributed by atoms with Gasteiger partial charge in [-0.25, -0.2) is 4.79 Å². The lowest BCUT2D eigenvalue weighted by molar-refractivity contribution is 0.188. The van der Waals surface area contributed by atoms with E-state index in [1.54, 1.807) is 17.0 Å². The fourth-order valence-corrected chi connectivity index (χ4v) is 2.83. The van der Waals surface area contributed by atoms with Gasteiger partial charge < -0.3 is 24.4 Å². The molecule has 3 rings (SSSR count). The van der Waals surface area contributed by atoms with Crippen LogP contribution in [0.4, 0.5) is 10.5 Å². The summed E-state index contributed by atoms with van der Waals surface area (Å²) in [6.07, 6.45) is 2.76. The molecule has 1 N–H and O–H groups in total. The van der Waals surface area contributed by atoms with Crippen LogP contribution >= 0.6 is 0 Å². The fraction of sp³-hybridized carbons (Fsp3) is 0.450. The molecule has 2 amide bonds. The molecular weight excluding hydrogens is 360 g/mol. The van der Waals surface area contributed by atoms with Crippen molar-refractivity contribution in [2.24, 2.45) is 0 Å². The van der Waals surface area contributed by atoms with Crippen molar-refractivity contribution < 1.29 is 19.0 Å². The number of urea groups is 1. The Morgan fingerprint density at radius 1 is 1.18 bits per heavy atom. The van der Waals surface area contributed by atoms with E-state index >= 15 is 0 Å². The third-order valence-corrected chi connectivity index (χ3v) is 4.42. The highest BCUT2D eigenvalue weighted by Crippen LogP contribution is 2.20. The van der Waals surface area contributed by atoms with Crippen LogP contribution in [-0.2, 0) is 0 Å². The first-order valence-corrected chi connectivity index (χ1v) is 9.51. The van der Waals surface area contributed by atoms with Crippen LogP contribution in [0.1, 0.15) is 26.2 Å². The number of hydrogen-bond acceptors (Lipinski definition) is 6. The van der Waals surface area contributed by atoms with Crippen molar-refractivity contribution in [2.75, 3.05) is 32.1 Å². The summed E-state index contributed by atoms with van der Waals surface area (Å²) >= 11 is 0. The Hall–Kier alpha value is -3.03. The molecule has 2 heterocycles. The minimum absolute atomic E-state index is 0.109. The van der Waals surface area contributed by atoms with Crippen molar-refractivity contribution in [2.45, 2.75) is 32.3 Å². The van der Waals surface area contributed by atoms with Crippen LogP contribution in [0.2, 0.25) is 0 Å². The highest BCUT2D eigenvalue weighted by atomic mass is 16.5. The van der Waals surface area contributed by atoms with Gasteiger partial charge in [-0.2, -0.15) is 0 Å². The number of anilines is 1. The quantitative estimate of drug-likeness (QED) is 0.700. The van der Waals surface area contributed by atoms with E-state index in [-0.39, 0.29) is 12.1 Å². The molecule has 1 saturated heterocycles. The summed E-state index contributed by atoms with van der Waals surface area (Å²) in [4.78, 5) is 14.2. The first kappa shape index (κ1) is 19.7. The number of carbonyl (C=O) groups excluding carboxylic acids is 1. The van der Waals surface area contributed by atoms with Gasteiger partial charge in [0.15, 0.2) is 0 Å². The lowest BCUT2D eigenvalue weighted by atomic mass is 10.3. The van der Waals surface area contributed by atoms with Crippen molar-refractivity contribution in [3.8, 4) is 17.5 Å². The fourth-order valence-electron chi connectivity index (χ4n) is 2.83. The number of amides is 2. The standard InChI is InChI=1S/C20H26N4O4/c1-3-4-13-27-16-7-5-15(6-8-16)21-20(25)24-12-11-17(14-24)28-19-10-9-18(26-2)22-23-19/h5-10,17H,3-4,11-14H2,1-2H3,(H,21,25). The number of hydrogen-bond donors (Lipinski definition) is 1. The molecule has 1 aromatic carbocycles. The number of ether oxygens (including phenoxy) is 3. The predicted molar refractivity (Wildman–Crippen MR) is 105 cm³/mol. The van der Waals surface area contributed by atoms with Gasteiger partial charge in [0, 0.05) is 30.8 Å². The smallest absolute Gasteiger partial charge is 0.321 e. The summed E-state index contributed by atoms with van der Waals surface area (Å²) in [7, 11) is 1.53. The third kappa shape index (κ3) is 5.48. The maximum absolute atomic E-state index is 12.5. The maximum atomic E-state index is 12.5. The van der Waals surface area contributed by atoms with Gasteiger partial charge in [-0.1, -0.05) is 13.3 Å². The molecule has 2 aromatic rings. The number of methoxy groups -OCH3 is 1. The average Bonchev–Trinajstić information content (AvgIpc) is 3.19. The Labute approximate surface area is 164 Å². The molecule has 0 saturated carbocycles. The monoisotopic (exact) mass is 386 g/mol. The Bertz CT molecular complexity index is 752. The van der Waals surface area contributed by atoms with Crippen molar-refractivity contribution in [3.63, 3.8) is 0 Å². The third-order valence-electron chi connectivity index (χ3n) is 4.42. The van der Waals surface area contributed by atoms with E-state index in [9.17, 15) is 4.79 Å². The normalized spacial score (nSPS) is 15.9. The Kier molecular flexibility index (Phi) is 6.89. The van der Waals surface area contributed by atoms with E-state index in [1.807, 2.05) is 24.3 Å². The topological polar surface area (TPSA) is 85.8 Å². The minimum atomic E-state index is -0.147. The van der Waals surface area contributed by atoms with E-state index in [2.05, 4.69) is 22.4 Å². The molecule has 8 nitrogen and oxygen atoms in total. The molecule has 0 radical (unpaired) electrons. The molecule has 1 fully saturated rings. The molecule has 0 spiro atoms. The van der Waals surface area contributed by atoms with E-state index in [0.29, 0.717) is 31.5 Å². The van der Waals surface area contributed by atoms with Gasteiger partial charge in [0.05, 0.1) is 20.3 Å². The van der Waals surface area contributed by atoms with Gasteiger partial charge in [0.25, 0.3) is 0 Å². The molecule has 1 aromatic heterocycles. The van der Waals surface area contributed by atoms with Gasteiger partial charge in [0.2, 0.25) is 11.8 Å². The van der Waals surface area contributed by atoms with Crippen molar-refractivity contribution in [1.82, 2.24) is 15.1 Å². The number of nitrogens with one attached hydrogen (secondary N) is 1. The molecular formula is C20H26N4O4. The van der Waals surface area contributed by atoms with Gasteiger partial charge in [-0.3, -0.25) is 0 Å². The second-order valence-electron chi connectivity index (χ2n) is 6.55. The first-order valence-electron chi connectivity index (χ1n) is 9.51. The number of benzene rings is 1. The molecule has 1 unspecified atom stereocenters. The molecule has 28 heavy (non-hydrogen) atoms. The van der Waals surface area contributed by atoms with Crippen LogP contribution in [0, 0.1) is 0 Å². The zero-order valence-electron chi connectivity index (χ0n) is 16.3. The van der Waals surface area contributed by atoms with Gasteiger partial charge in [0.1, 0.15) is 11.9 Å². The number of unbranched alkanes of at least 4 members (excludes halogenated alkanes) is 1. The van der Waals surface area contributed by atoms with E-state index < -0.39 is 0 Å². The number of likely N-dealkylation sites (tertiary alicyclic amines) is 1. The van der Waals surface area contributed by atoms with Crippen LogP contribution < -0.4 is 19.5 Å². The van der Waals surface area contributed by atoms with Gasteiger partial charge in [-0.15, -0.1) is 10.2 Å². The SMILES string of the molecule is CCCCOc1ccc(NC(=O)N2CCC(Oc3ccc(OC)nn3)C2)cc1. The molecule has 150 valence electrons. The minimum Gasteiger partial charge on any atom is -0.494 e. The molecule has 0 bridgehead atoms. The van der Waals surface area contributed by atoms with Crippen LogP contribution in [0.5, 0.6) is 17.5 Å². The Balaban J connectivity index is 1.46. The van der Waals surface area contributed by atoms with Gasteiger partial charge in [-0.05, 0) is 30.7 Å². The molecule has 1 aliphatic heterocycles. The highest BCUT2D eigenvalue weighted by Gasteiger charge is 2.28. The van der Waals surface area contributed by atoms with E-state index in [4.69, 9.17) is 14.2 Å². The van der Waals surface area contributed by atoms with Crippen LogP contribution in [0.25, 0.3) is 0 Å². The zero-order valence-corrected chi connectivity index (χ0v) is 16.3. The summed E-state index contributed by atoms with van der Waals surface area (Å²) < 4.78 is 16.4.